The first-order valence-electron chi connectivity index (χ1n) is 8.03. The SMILES string of the molecule is CCCCCCCCOCCC(C)CC(C)(C)C. The molecule has 0 amide bonds. The van der Waals surface area contributed by atoms with E-state index in [0.29, 0.717) is 5.41 Å². The average molecular weight is 256 g/mol. The van der Waals surface area contributed by atoms with Crippen LogP contribution in [0.15, 0.2) is 0 Å². The predicted octanol–water partition coefficient (Wildman–Crippen LogP) is 5.83. The van der Waals surface area contributed by atoms with Crippen LogP contribution in [0.25, 0.3) is 0 Å². The van der Waals surface area contributed by atoms with Crippen molar-refractivity contribution >= 4 is 0 Å². The van der Waals surface area contributed by atoms with Gasteiger partial charge in [0.1, 0.15) is 0 Å². The molecule has 0 N–H and O–H groups in total. The van der Waals surface area contributed by atoms with Crippen molar-refractivity contribution in [2.45, 2.75) is 86.0 Å². The minimum atomic E-state index is 0.457. The Kier molecular flexibility index (Phi) is 10.8. The van der Waals surface area contributed by atoms with Gasteiger partial charge in [0.05, 0.1) is 0 Å². The van der Waals surface area contributed by atoms with E-state index in [9.17, 15) is 0 Å². The molecule has 0 bridgehead atoms. The molecule has 1 unspecified atom stereocenters. The highest BCUT2D eigenvalue weighted by molar-refractivity contribution is 4.66. The molecule has 18 heavy (non-hydrogen) atoms. The molecular weight excluding hydrogens is 220 g/mol. The van der Waals surface area contributed by atoms with Crippen LogP contribution >= 0.6 is 0 Å². The first-order valence-corrected chi connectivity index (χ1v) is 8.03. The molecule has 0 aromatic carbocycles. The van der Waals surface area contributed by atoms with Crippen LogP contribution in [0.1, 0.15) is 86.0 Å². The maximum atomic E-state index is 5.73. The van der Waals surface area contributed by atoms with Crippen molar-refractivity contribution in [2.75, 3.05) is 13.2 Å². The molecule has 0 aromatic heterocycles. The molecule has 0 aliphatic carbocycles. The van der Waals surface area contributed by atoms with Crippen LogP contribution in [0, 0.1) is 11.3 Å². The summed E-state index contributed by atoms with van der Waals surface area (Å²) < 4.78 is 5.73. The molecule has 0 saturated carbocycles. The topological polar surface area (TPSA) is 9.23 Å². The third-order valence-corrected chi connectivity index (χ3v) is 3.36. The van der Waals surface area contributed by atoms with Gasteiger partial charge in [-0.3, -0.25) is 0 Å². The molecule has 0 aliphatic rings. The molecule has 0 rings (SSSR count). The molecule has 0 fully saturated rings. The molecule has 0 aliphatic heterocycles. The van der Waals surface area contributed by atoms with Crippen molar-refractivity contribution in [3.8, 4) is 0 Å². The van der Waals surface area contributed by atoms with Gasteiger partial charge in [-0.1, -0.05) is 66.7 Å². The largest absolute Gasteiger partial charge is 0.381 e. The van der Waals surface area contributed by atoms with E-state index in [-0.39, 0.29) is 0 Å². The molecule has 0 heterocycles. The predicted molar refractivity (Wildman–Crippen MR) is 82.0 cm³/mol. The lowest BCUT2D eigenvalue weighted by Crippen LogP contribution is -2.12. The van der Waals surface area contributed by atoms with Crippen LogP contribution in [0.5, 0.6) is 0 Å². The summed E-state index contributed by atoms with van der Waals surface area (Å²) in [6.45, 7) is 13.5. The molecule has 0 aromatic rings. The zero-order valence-electron chi connectivity index (χ0n) is 13.6. The summed E-state index contributed by atoms with van der Waals surface area (Å²) in [7, 11) is 0. The van der Waals surface area contributed by atoms with Gasteiger partial charge in [-0.05, 0) is 30.6 Å². The Morgan fingerprint density at radius 2 is 1.50 bits per heavy atom. The lowest BCUT2D eigenvalue weighted by atomic mass is 9.84. The van der Waals surface area contributed by atoms with Crippen LogP contribution in [0.4, 0.5) is 0 Å². The van der Waals surface area contributed by atoms with Crippen LogP contribution in [0.2, 0.25) is 0 Å². The first-order chi connectivity index (χ1) is 8.45. The van der Waals surface area contributed by atoms with Crippen molar-refractivity contribution in [3.63, 3.8) is 0 Å². The van der Waals surface area contributed by atoms with Gasteiger partial charge in [0, 0.05) is 13.2 Å². The summed E-state index contributed by atoms with van der Waals surface area (Å²) in [4.78, 5) is 0. The van der Waals surface area contributed by atoms with Crippen molar-refractivity contribution in [1.82, 2.24) is 0 Å². The summed E-state index contributed by atoms with van der Waals surface area (Å²) in [5.74, 6) is 0.787. The average Bonchev–Trinajstić information content (AvgIpc) is 2.24. The van der Waals surface area contributed by atoms with Crippen LogP contribution in [-0.4, -0.2) is 13.2 Å². The van der Waals surface area contributed by atoms with Crippen LogP contribution < -0.4 is 0 Å². The molecule has 1 nitrogen and oxygen atoms in total. The van der Waals surface area contributed by atoms with Crippen molar-refractivity contribution in [2.24, 2.45) is 11.3 Å². The summed E-state index contributed by atoms with van der Waals surface area (Å²) in [6.07, 6.45) is 10.6. The smallest absolute Gasteiger partial charge is 0.0468 e. The Bertz CT molecular complexity index is 169. The minimum Gasteiger partial charge on any atom is -0.381 e. The highest BCUT2D eigenvalue weighted by Gasteiger charge is 2.14. The van der Waals surface area contributed by atoms with Gasteiger partial charge in [0.25, 0.3) is 0 Å². The fraction of sp³-hybridized carbons (Fsp3) is 1.00. The van der Waals surface area contributed by atoms with Crippen molar-refractivity contribution in [3.05, 3.63) is 0 Å². The van der Waals surface area contributed by atoms with Gasteiger partial charge in [-0.15, -0.1) is 0 Å². The van der Waals surface area contributed by atoms with E-state index in [1.807, 2.05) is 0 Å². The van der Waals surface area contributed by atoms with E-state index in [0.717, 1.165) is 19.1 Å². The Balaban J connectivity index is 3.20. The normalized spacial score (nSPS) is 13.8. The Morgan fingerprint density at radius 3 is 2.11 bits per heavy atom. The number of rotatable bonds is 11. The fourth-order valence-corrected chi connectivity index (χ4v) is 2.52. The van der Waals surface area contributed by atoms with Gasteiger partial charge in [0.2, 0.25) is 0 Å². The molecule has 0 spiro atoms. The van der Waals surface area contributed by atoms with Crippen molar-refractivity contribution in [1.29, 1.82) is 0 Å². The molecule has 110 valence electrons. The van der Waals surface area contributed by atoms with Crippen molar-refractivity contribution < 1.29 is 4.74 Å². The summed E-state index contributed by atoms with van der Waals surface area (Å²) in [5, 5.41) is 0. The molecular formula is C17H36O. The Morgan fingerprint density at radius 1 is 0.889 bits per heavy atom. The highest BCUT2D eigenvalue weighted by atomic mass is 16.5. The summed E-state index contributed by atoms with van der Waals surface area (Å²) >= 11 is 0. The molecule has 1 atom stereocenters. The third-order valence-electron chi connectivity index (χ3n) is 3.36. The maximum Gasteiger partial charge on any atom is 0.0468 e. The standard InChI is InChI=1S/C17H36O/c1-6-7-8-9-10-11-13-18-14-12-16(2)15-17(3,4)5/h16H,6-15H2,1-5H3. The maximum absolute atomic E-state index is 5.73. The number of hydrogen-bond donors (Lipinski definition) is 0. The van der Waals surface area contributed by atoms with E-state index >= 15 is 0 Å². The van der Waals surface area contributed by atoms with Crippen LogP contribution in [-0.2, 0) is 4.74 Å². The zero-order valence-corrected chi connectivity index (χ0v) is 13.6. The number of ether oxygens (including phenoxy) is 1. The lowest BCUT2D eigenvalue weighted by Gasteiger charge is -2.23. The molecule has 0 saturated heterocycles. The second-order valence-electron chi connectivity index (χ2n) is 7.04. The second kappa shape index (κ2) is 10.8. The molecule has 1 heteroatoms. The minimum absolute atomic E-state index is 0.457. The lowest BCUT2D eigenvalue weighted by molar-refractivity contribution is 0.112. The van der Waals surface area contributed by atoms with Gasteiger partial charge in [-0.2, -0.15) is 0 Å². The number of hydrogen-bond acceptors (Lipinski definition) is 1. The quantitative estimate of drug-likeness (QED) is 0.423. The van der Waals surface area contributed by atoms with E-state index in [2.05, 4.69) is 34.6 Å². The van der Waals surface area contributed by atoms with Gasteiger partial charge in [-0.25, -0.2) is 0 Å². The van der Waals surface area contributed by atoms with E-state index in [4.69, 9.17) is 4.74 Å². The van der Waals surface area contributed by atoms with E-state index < -0.39 is 0 Å². The Hall–Kier alpha value is -0.0400. The molecule has 0 radical (unpaired) electrons. The summed E-state index contributed by atoms with van der Waals surface area (Å²) in [6, 6.07) is 0. The monoisotopic (exact) mass is 256 g/mol. The highest BCUT2D eigenvalue weighted by Crippen LogP contribution is 2.25. The number of unbranched alkanes of at least 4 members (excludes halogenated alkanes) is 5. The third kappa shape index (κ3) is 14.0. The van der Waals surface area contributed by atoms with E-state index in [1.165, 1.54) is 51.4 Å². The van der Waals surface area contributed by atoms with Gasteiger partial charge < -0.3 is 4.74 Å². The second-order valence-corrected chi connectivity index (χ2v) is 7.04. The van der Waals surface area contributed by atoms with E-state index in [1.54, 1.807) is 0 Å². The zero-order chi connectivity index (χ0) is 13.9. The first kappa shape index (κ1) is 18.0. The van der Waals surface area contributed by atoms with Crippen LogP contribution in [0.3, 0.4) is 0 Å². The summed E-state index contributed by atoms with van der Waals surface area (Å²) in [5.41, 5.74) is 0.457. The van der Waals surface area contributed by atoms with Gasteiger partial charge in [0.15, 0.2) is 0 Å². The van der Waals surface area contributed by atoms with Gasteiger partial charge >= 0.3 is 0 Å². The fourth-order valence-electron chi connectivity index (χ4n) is 2.52. The Labute approximate surface area is 116 Å².